The van der Waals surface area contributed by atoms with Crippen molar-refractivity contribution in [2.45, 2.75) is 17.1 Å². The second kappa shape index (κ2) is 6.69. The van der Waals surface area contributed by atoms with Gasteiger partial charge in [0.2, 0.25) is 0 Å². The Bertz CT molecular complexity index is 977. The number of rotatable bonds is 5. The predicted octanol–water partition coefficient (Wildman–Crippen LogP) is 3.23. The number of benzene rings is 1. The van der Waals surface area contributed by atoms with Crippen molar-refractivity contribution in [3.05, 3.63) is 59.5 Å². The van der Waals surface area contributed by atoms with Crippen LogP contribution in [0.25, 0.3) is 0 Å². The molecular formula is C18H17N3O3S2. The molecule has 1 amide bonds. The summed E-state index contributed by atoms with van der Waals surface area (Å²) in [5.41, 5.74) is 4.42. The van der Waals surface area contributed by atoms with E-state index < -0.39 is 10.0 Å². The Hall–Kier alpha value is -2.45. The molecule has 2 aliphatic rings. The van der Waals surface area contributed by atoms with Gasteiger partial charge in [0.15, 0.2) is 0 Å². The predicted molar refractivity (Wildman–Crippen MR) is 102 cm³/mol. The number of fused-ring (bicyclic) bond motifs is 1. The zero-order valence-electron chi connectivity index (χ0n) is 13.8. The summed E-state index contributed by atoms with van der Waals surface area (Å²) in [5.74, 6) is 0.723. The van der Waals surface area contributed by atoms with Crippen LogP contribution in [-0.4, -0.2) is 20.0 Å². The number of allylic oxidation sites excluding steroid dienone is 2. The summed E-state index contributed by atoms with van der Waals surface area (Å²) < 4.78 is 27.1. The van der Waals surface area contributed by atoms with Gasteiger partial charge in [-0.25, -0.2) is 13.8 Å². The molecule has 6 nitrogen and oxygen atoms in total. The maximum absolute atomic E-state index is 12.2. The molecule has 26 heavy (non-hydrogen) atoms. The van der Waals surface area contributed by atoms with E-state index in [1.54, 1.807) is 41.8 Å². The van der Waals surface area contributed by atoms with Crippen LogP contribution in [0.15, 0.2) is 63.2 Å². The Morgan fingerprint density at radius 2 is 2.00 bits per heavy atom. The number of carbonyl (C=O) groups excluding carboxylic acids is 1. The SMILES string of the molecule is O=C(N/N=C1/C[C@@H]2CC=C[C@@H]12)c1ccc(NS(=O)(=O)c2cccs2)cc1. The Labute approximate surface area is 155 Å². The lowest BCUT2D eigenvalue weighted by Gasteiger charge is -2.31. The zero-order chi connectivity index (χ0) is 18.1. The number of thiophene rings is 1. The third kappa shape index (κ3) is 3.30. The van der Waals surface area contributed by atoms with E-state index in [-0.39, 0.29) is 10.1 Å². The summed E-state index contributed by atoms with van der Waals surface area (Å²) in [7, 11) is -3.59. The zero-order valence-corrected chi connectivity index (χ0v) is 15.4. The number of sulfonamides is 1. The summed E-state index contributed by atoms with van der Waals surface area (Å²) in [5, 5.41) is 5.92. The topological polar surface area (TPSA) is 87.6 Å². The van der Waals surface area contributed by atoms with Crippen LogP contribution < -0.4 is 10.1 Å². The number of hydrogen-bond acceptors (Lipinski definition) is 5. The molecule has 134 valence electrons. The highest BCUT2D eigenvalue weighted by Crippen LogP contribution is 2.40. The number of nitrogens with zero attached hydrogens (tertiary/aromatic N) is 1. The normalized spacial score (nSPS) is 22.7. The van der Waals surface area contributed by atoms with Crippen molar-refractivity contribution in [1.82, 2.24) is 5.43 Å². The Kier molecular flexibility index (Phi) is 4.37. The second-order valence-electron chi connectivity index (χ2n) is 6.31. The van der Waals surface area contributed by atoms with Gasteiger partial charge in [0.05, 0.1) is 0 Å². The van der Waals surface area contributed by atoms with Gasteiger partial charge >= 0.3 is 0 Å². The van der Waals surface area contributed by atoms with Gasteiger partial charge in [-0.1, -0.05) is 18.2 Å². The van der Waals surface area contributed by atoms with Crippen LogP contribution in [0.5, 0.6) is 0 Å². The minimum absolute atomic E-state index is 0.245. The van der Waals surface area contributed by atoms with Crippen molar-refractivity contribution in [2.75, 3.05) is 4.72 Å². The molecule has 0 unspecified atom stereocenters. The Morgan fingerprint density at radius 1 is 1.19 bits per heavy atom. The molecule has 0 saturated heterocycles. The van der Waals surface area contributed by atoms with Crippen molar-refractivity contribution < 1.29 is 13.2 Å². The molecule has 0 aliphatic heterocycles. The van der Waals surface area contributed by atoms with E-state index >= 15 is 0 Å². The van der Waals surface area contributed by atoms with Crippen molar-refractivity contribution in [1.29, 1.82) is 0 Å². The van der Waals surface area contributed by atoms with Crippen molar-refractivity contribution >= 4 is 38.7 Å². The fourth-order valence-corrected chi connectivity index (χ4v) is 5.21. The average Bonchev–Trinajstić information content (AvgIpc) is 3.26. The molecule has 1 aromatic carbocycles. The number of carbonyl (C=O) groups is 1. The fraction of sp³-hybridized carbons (Fsp3) is 0.222. The third-order valence-electron chi connectivity index (χ3n) is 4.61. The van der Waals surface area contributed by atoms with E-state index in [4.69, 9.17) is 0 Å². The summed E-state index contributed by atoms with van der Waals surface area (Å²) in [6, 6.07) is 9.48. The second-order valence-corrected chi connectivity index (χ2v) is 9.17. The van der Waals surface area contributed by atoms with Gasteiger partial charge < -0.3 is 0 Å². The van der Waals surface area contributed by atoms with E-state index in [1.807, 2.05) is 0 Å². The first kappa shape index (κ1) is 17.0. The molecular weight excluding hydrogens is 370 g/mol. The molecule has 1 heterocycles. The first-order chi connectivity index (χ1) is 12.5. The molecule has 0 bridgehead atoms. The first-order valence-electron chi connectivity index (χ1n) is 8.23. The number of hydrazone groups is 1. The van der Waals surface area contributed by atoms with Gasteiger partial charge in [-0.2, -0.15) is 5.10 Å². The highest BCUT2D eigenvalue weighted by molar-refractivity contribution is 7.94. The molecule has 1 fully saturated rings. The van der Waals surface area contributed by atoms with Crippen LogP contribution in [0, 0.1) is 11.8 Å². The van der Waals surface area contributed by atoms with Gasteiger partial charge in [-0.3, -0.25) is 9.52 Å². The minimum atomic E-state index is -3.59. The highest BCUT2D eigenvalue weighted by Gasteiger charge is 2.37. The van der Waals surface area contributed by atoms with E-state index in [9.17, 15) is 13.2 Å². The molecule has 2 atom stereocenters. The monoisotopic (exact) mass is 387 g/mol. The molecule has 2 N–H and O–H groups in total. The standard InChI is InChI=1S/C18H17N3O3S2/c22-18(20-19-16-11-13-3-1-4-15(13)16)12-6-8-14(9-7-12)21-26(23,24)17-5-2-10-25-17/h1-2,4-10,13,15,21H,3,11H2,(H,20,22)/b19-16-/t13-,15+/m0/s1. The average molecular weight is 387 g/mol. The molecule has 8 heteroatoms. The van der Waals surface area contributed by atoms with Crippen LogP contribution in [0.2, 0.25) is 0 Å². The summed E-state index contributed by atoms with van der Waals surface area (Å²) in [6.45, 7) is 0. The van der Waals surface area contributed by atoms with Gasteiger partial charge in [0.1, 0.15) is 4.21 Å². The number of hydrogen-bond donors (Lipinski definition) is 2. The fourth-order valence-electron chi connectivity index (χ4n) is 3.16. The van der Waals surface area contributed by atoms with Crippen LogP contribution in [0.3, 0.4) is 0 Å². The maximum atomic E-state index is 12.2. The lowest BCUT2D eigenvalue weighted by molar-refractivity contribution is 0.0954. The molecule has 1 aromatic heterocycles. The van der Waals surface area contributed by atoms with Gasteiger partial charge in [0.25, 0.3) is 15.9 Å². The number of nitrogens with one attached hydrogen (secondary N) is 2. The number of amides is 1. The third-order valence-corrected chi connectivity index (χ3v) is 7.39. The van der Waals surface area contributed by atoms with Crippen LogP contribution in [0.1, 0.15) is 23.2 Å². The van der Waals surface area contributed by atoms with Crippen LogP contribution in [0.4, 0.5) is 5.69 Å². The molecule has 0 radical (unpaired) electrons. The van der Waals surface area contributed by atoms with Crippen molar-refractivity contribution in [3.63, 3.8) is 0 Å². The van der Waals surface area contributed by atoms with E-state index in [0.29, 0.717) is 23.1 Å². The molecule has 1 saturated carbocycles. The molecule has 2 aliphatic carbocycles. The molecule has 2 aromatic rings. The van der Waals surface area contributed by atoms with Crippen LogP contribution in [-0.2, 0) is 10.0 Å². The summed E-state index contributed by atoms with van der Waals surface area (Å²) in [6.07, 6.45) is 6.34. The van der Waals surface area contributed by atoms with Crippen molar-refractivity contribution in [2.24, 2.45) is 16.9 Å². The summed E-state index contributed by atoms with van der Waals surface area (Å²) in [4.78, 5) is 12.2. The quantitative estimate of drug-likeness (QED) is 0.610. The lowest BCUT2D eigenvalue weighted by Crippen LogP contribution is -2.35. The van der Waals surface area contributed by atoms with E-state index in [1.165, 1.54) is 0 Å². The number of anilines is 1. The lowest BCUT2D eigenvalue weighted by atomic mass is 9.74. The molecule has 4 rings (SSSR count). The van der Waals surface area contributed by atoms with E-state index in [0.717, 1.165) is 29.9 Å². The van der Waals surface area contributed by atoms with Gasteiger partial charge in [-0.05, 0) is 54.5 Å². The first-order valence-corrected chi connectivity index (χ1v) is 10.6. The minimum Gasteiger partial charge on any atom is -0.279 e. The maximum Gasteiger partial charge on any atom is 0.271 e. The smallest absolute Gasteiger partial charge is 0.271 e. The van der Waals surface area contributed by atoms with Gasteiger partial charge in [-0.15, -0.1) is 11.3 Å². The Morgan fingerprint density at radius 3 is 2.69 bits per heavy atom. The van der Waals surface area contributed by atoms with Crippen LogP contribution >= 0.6 is 11.3 Å². The largest absolute Gasteiger partial charge is 0.279 e. The summed E-state index contributed by atoms with van der Waals surface area (Å²) >= 11 is 1.15. The van der Waals surface area contributed by atoms with Crippen molar-refractivity contribution in [3.8, 4) is 0 Å². The highest BCUT2D eigenvalue weighted by atomic mass is 32.2. The Balaban J connectivity index is 1.39. The molecule has 0 spiro atoms. The van der Waals surface area contributed by atoms with E-state index in [2.05, 4.69) is 27.4 Å². The van der Waals surface area contributed by atoms with Gasteiger partial charge in [0, 0.05) is 22.9 Å².